The zero-order chi connectivity index (χ0) is 23.1. The Morgan fingerprint density at radius 2 is 0.700 bits per heavy atom. The van der Waals surface area contributed by atoms with Crippen LogP contribution in [-0.2, 0) is 5.54 Å². The molecule has 3 aromatic rings. The number of aryl methyl sites for hydroxylation is 6. The highest BCUT2D eigenvalue weighted by Gasteiger charge is 2.38. The summed E-state index contributed by atoms with van der Waals surface area (Å²) in [7, 11) is 6.95. The standard InChI is InChI=1S/C29H42N/c1-15-16(2)18(4)25-22(8)27-23(9)28(29(10,11)30(12,13)14)20(6)19(5)26(27)21(7)24(25)17(15)3/h1-14H3/q+1. The van der Waals surface area contributed by atoms with E-state index >= 15 is 0 Å². The Bertz CT molecular complexity index is 1210. The number of quaternary nitrogens is 1. The minimum Gasteiger partial charge on any atom is -0.323 e. The van der Waals surface area contributed by atoms with E-state index in [9.17, 15) is 0 Å². The highest BCUT2D eigenvalue weighted by atomic mass is 15.3. The van der Waals surface area contributed by atoms with Crippen molar-refractivity contribution in [3.05, 3.63) is 55.6 Å². The van der Waals surface area contributed by atoms with Gasteiger partial charge in [0, 0.05) is 5.56 Å². The second-order valence-electron chi connectivity index (χ2n) is 11.1. The summed E-state index contributed by atoms with van der Waals surface area (Å²) in [6.07, 6.45) is 0. The summed E-state index contributed by atoms with van der Waals surface area (Å²) in [5, 5.41) is 5.90. The van der Waals surface area contributed by atoms with Crippen molar-refractivity contribution in [2.24, 2.45) is 0 Å². The van der Waals surface area contributed by atoms with Gasteiger partial charge in [0.05, 0.1) is 21.1 Å². The first-order valence-electron chi connectivity index (χ1n) is 11.3. The third-order valence-electron chi connectivity index (χ3n) is 8.79. The zero-order valence-corrected chi connectivity index (χ0v) is 21.9. The quantitative estimate of drug-likeness (QED) is 0.303. The van der Waals surface area contributed by atoms with Gasteiger partial charge in [0.1, 0.15) is 5.54 Å². The summed E-state index contributed by atoms with van der Waals surface area (Å²) in [5.41, 5.74) is 14.6. The molecule has 162 valence electrons. The van der Waals surface area contributed by atoms with Gasteiger partial charge in [-0.25, -0.2) is 0 Å². The minimum atomic E-state index is 0.0244. The first-order valence-corrected chi connectivity index (χ1v) is 11.3. The molecule has 30 heavy (non-hydrogen) atoms. The van der Waals surface area contributed by atoms with Crippen LogP contribution in [0.25, 0.3) is 21.5 Å². The molecule has 0 fully saturated rings. The summed E-state index contributed by atoms with van der Waals surface area (Å²) in [6.45, 7) is 25.8. The molecule has 0 amide bonds. The van der Waals surface area contributed by atoms with Crippen molar-refractivity contribution >= 4 is 21.5 Å². The van der Waals surface area contributed by atoms with Gasteiger partial charge in [0.25, 0.3) is 0 Å². The van der Waals surface area contributed by atoms with Gasteiger partial charge < -0.3 is 4.48 Å². The molecule has 0 spiro atoms. The highest BCUT2D eigenvalue weighted by molar-refractivity contribution is 6.11. The predicted octanol–water partition coefficient (Wildman–Crippen LogP) is 7.71. The first kappa shape index (κ1) is 22.8. The number of hydrogen-bond donors (Lipinski definition) is 0. The summed E-state index contributed by atoms with van der Waals surface area (Å²) in [4.78, 5) is 0. The van der Waals surface area contributed by atoms with Crippen LogP contribution in [0, 0.1) is 62.3 Å². The largest absolute Gasteiger partial charge is 0.323 e. The van der Waals surface area contributed by atoms with Crippen LogP contribution in [0.5, 0.6) is 0 Å². The number of nitrogens with zero attached hydrogens (tertiary/aromatic N) is 1. The molecule has 1 heteroatoms. The van der Waals surface area contributed by atoms with Crippen LogP contribution in [0.4, 0.5) is 0 Å². The van der Waals surface area contributed by atoms with E-state index in [1.165, 1.54) is 77.2 Å². The third-order valence-corrected chi connectivity index (χ3v) is 8.79. The van der Waals surface area contributed by atoms with Crippen LogP contribution in [0.3, 0.4) is 0 Å². The number of rotatable bonds is 2. The van der Waals surface area contributed by atoms with E-state index in [4.69, 9.17) is 0 Å². The number of hydrogen-bond acceptors (Lipinski definition) is 0. The van der Waals surface area contributed by atoms with Gasteiger partial charge in [-0.3, -0.25) is 0 Å². The van der Waals surface area contributed by atoms with E-state index in [0.717, 1.165) is 4.48 Å². The van der Waals surface area contributed by atoms with Gasteiger partial charge in [0.2, 0.25) is 0 Å². The maximum absolute atomic E-state index is 2.40. The van der Waals surface area contributed by atoms with Crippen molar-refractivity contribution in [3.8, 4) is 0 Å². The monoisotopic (exact) mass is 404 g/mol. The summed E-state index contributed by atoms with van der Waals surface area (Å²) in [6, 6.07) is 0. The lowest BCUT2D eigenvalue weighted by atomic mass is 9.76. The fraction of sp³-hybridized carbons (Fsp3) is 0.517. The summed E-state index contributed by atoms with van der Waals surface area (Å²) < 4.78 is 0.904. The molecule has 0 heterocycles. The van der Waals surface area contributed by atoms with E-state index in [-0.39, 0.29) is 5.54 Å². The van der Waals surface area contributed by atoms with Gasteiger partial charge in [-0.2, -0.15) is 0 Å². The van der Waals surface area contributed by atoms with E-state index in [1.807, 2.05) is 0 Å². The molecule has 0 aromatic heterocycles. The van der Waals surface area contributed by atoms with Gasteiger partial charge in [0.15, 0.2) is 0 Å². The van der Waals surface area contributed by atoms with Crippen molar-refractivity contribution in [3.63, 3.8) is 0 Å². The Morgan fingerprint density at radius 1 is 0.400 bits per heavy atom. The molecule has 0 atom stereocenters. The fourth-order valence-electron chi connectivity index (χ4n) is 5.85. The lowest BCUT2D eigenvalue weighted by Gasteiger charge is -2.44. The average Bonchev–Trinajstić information content (AvgIpc) is 2.62. The minimum absolute atomic E-state index is 0.0244. The SMILES string of the molecule is Cc1c(C)c(C)c2c(C)c3c(C)c(C(C)(C)[N+](C)(C)C)c(C)c(C)c3c(C)c2c1C. The van der Waals surface area contributed by atoms with Crippen molar-refractivity contribution in [1.29, 1.82) is 0 Å². The second-order valence-corrected chi connectivity index (χ2v) is 11.1. The maximum Gasteiger partial charge on any atom is 0.119 e. The molecular formula is C29H42N+. The van der Waals surface area contributed by atoms with E-state index in [1.54, 1.807) is 0 Å². The molecule has 0 N–H and O–H groups in total. The number of fused-ring (bicyclic) bond motifs is 2. The smallest absolute Gasteiger partial charge is 0.119 e. The maximum atomic E-state index is 2.40. The lowest BCUT2D eigenvalue weighted by Crippen LogP contribution is -2.51. The molecular weight excluding hydrogens is 362 g/mol. The molecule has 0 unspecified atom stereocenters. The highest BCUT2D eigenvalue weighted by Crippen LogP contribution is 2.45. The van der Waals surface area contributed by atoms with E-state index in [0.29, 0.717) is 0 Å². The Hall–Kier alpha value is -1.86. The Labute approximate surface area is 184 Å². The molecule has 3 aromatic carbocycles. The van der Waals surface area contributed by atoms with E-state index in [2.05, 4.69) is 97.3 Å². The summed E-state index contributed by atoms with van der Waals surface area (Å²) >= 11 is 0. The van der Waals surface area contributed by atoms with Crippen LogP contribution in [0.2, 0.25) is 0 Å². The van der Waals surface area contributed by atoms with Gasteiger partial charge >= 0.3 is 0 Å². The molecule has 3 rings (SSSR count). The Morgan fingerprint density at radius 3 is 1.03 bits per heavy atom. The molecule has 1 nitrogen and oxygen atoms in total. The number of benzene rings is 3. The zero-order valence-electron chi connectivity index (χ0n) is 21.9. The molecule has 0 aliphatic carbocycles. The van der Waals surface area contributed by atoms with Crippen LogP contribution in [0.1, 0.15) is 69.5 Å². The van der Waals surface area contributed by atoms with Crippen molar-refractivity contribution in [2.45, 2.75) is 81.7 Å². The molecule has 0 aliphatic heterocycles. The normalized spacial score (nSPS) is 13.0. The van der Waals surface area contributed by atoms with Gasteiger partial charge in [-0.1, -0.05) is 0 Å². The second kappa shape index (κ2) is 6.82. The predicted molar refractivity (Wildman–Crippen MR) is 135 cm³/mol. The molecule has 0 radical (unpaired) electrons. The molecule has 0 saturated heterocycles. The van der Waals surface area contributed by atoms with Gasteiger partial charge in [-0.05, 0) is 148 Å². The van der Waals surface area contributed by atoms with Crippen molar-refractivity contribution in [1.82, 2.24) is 0 Å². The Kier molecular flexibility index (Phi) is 5.19. The van der Waals surface area contributed by atoms with Crippen molar-refractivity contribution in [2.75, 3.05) is 21.1 Å². The Balaban J connectivity index is 2.73. The van der Waals surface area contributed by atoms with Crippen LogP contribution in [-0.4, -0.2) is 25.6 Å². The van der Waals surface area contributed by atoms with Crippen LogP contribution < -0.4 is 0 Å². The van der Waals surface area contributed by atoms with E-state index < -0.39 is 0 Å². The first-order chi connectivity index (χ1) is 13.6. The lowest BCUT2D eigenvalue weighted by molar-refractivity contribution is -0.927. The topological polar surface area (TPSA) is 0 Å². The fourth-order valence-corrected chi connectivity index (χ4v) is 5.85. The third kappa shape index (κ3) is 2.78. The summed E-state index contributed by atoms with van der Waals surface area (Å²) in [5.74, 6) is 0. The average molecular weight is 405 g/mol. The van der Waals surface area contributed by atoms with Crippen LogP contribution >= 0.6 is 0 Å². The van der Waals surface area contributed by atoms with Crippen molar-refractivity contribution < 1.29 is 4.48 Å². The van der Waals surface area contributed by atoms with Crippen LogP contribution in [0.15, 0.2) is 0 Å². The molecule has 0 saturated carbocycles. The molecule has 0 aliphatic rings. The molecule has 0 bridgehead atoms. The van der Waals surface area contributed by atoms with Gasteiger partial charge in [-0.15, -0.1) is 0 Å².